The Morgan fingerprint density at radius 2 is 1.89 bits per heavy atom. The van der Waals surface area contributed by atoms with Gasteiger partial charge in [0.05, 0.1) is 23.6 Å². The number of carbonyl (C=O) groups excluding carboxylic acids is 3. The first-order chi connectivity index (χ1) is 21.2. The molecule has 2 amide bonds. The van der Waals surface area contributed by atoms with E-state index >= 15 is 8.78 Å². The van der Waals surface area contributed by atoms with Gasteiger partial charge in [0.25, 0.3) is 5.92 Å². The SMILES string of the molecule is CC[C@@H]1[C@@H]2CN(C(=O)[C@H](C(C)(C)C)NC(=O)O[C@@H]3C[C@H]3CCCCC(F)(F)c3nc4ccc(OC(F)F)cc4nc3O2)[C@@H]1C=O. The van der Waals surface area contributed by atoms with Crippen LogP contribution in [0.3, 0.4) is 0 Å². The van der Waals surface area contributed by atoms with Gasteiger partial charge in [-0.05, 0) is 49.1 Å². The third kappa shape index (κ3) is 7.09. The number of aldehydes is 1. The fraction of sp³-hybridized carbons (Fsp3) is 0.645. The fourth-order valence-corrected chi connectivity index (χ4v) is 6.24. The first-order valence-corrected chi connectivity index (χ1v) is 15.3. The summed E-state index contributed by atoms with van der Waals surface area (Å²) in [6, 6.07) is 1.57. The zero-order chi connectivity index (χ0) is 32.7. The number of amides is 2. The van der Waals surface area contributed by atoms with Crippen molar-refractivity contribution in [2.45, 2.75) is 103 Å². The van der Waals surface area contributed by atoms with E-state index < -0.39 is 72.0 Å². The van der Waals surface area contributed by atoms with Crippen LogP contribution in [0.15, 0.2) is 18.2 Å². The predicted molar refractivity (Wildman–Crippen MR) is 153 cm³/mol. The number of hydrogen-bond acceptors (Lipinski definition) is 8. The molecule has 1 aliphatic carbocycles. The van der Waals surface area contributed by atoms with Gasteiger partial charge in [-0.2, -0.15) is 17.6 Å². The standard InChI is InChI=1S/C31H38F4N4O6/c1-5-18-21(15-40)39-14-23(18)44-26-24(36-19-10-9-17(43-28(32)33)13-20(19)37-26)31(34,35)11-7-6-8-16-12-22(16)45-29(42)38-25(27(39)41)30(2,3)4/h9-10,13,15-16,18,21-23,25,28H,5-8,11-12,14H2,1-4H3,(H,38,42)/t16-,18+,21-,22-,23+,25-/m1/s1. The highest BCUT2D eigenvalue weighted by molar-refractivity contribution is 5.89. The minimum absolute atomic E-state index is 0.00830. The molecule has 1 aromatic carbocycles. The number of ether oxygens (including phenoxy) is 3. The molecule has 2 fully saturated rings. The van der Waals surface area contributed by atoms with Crippen molar-refractivity contribution in [2.75, 3.05) is 6.54 Å². The second kappa shape index (κ2) is 12.6. The molecular formula is C31H38F4N4O6. The summed E-state index contributed by atoms with van der Waals surface area (Å²) in [5, 5.41) is 2.70. The predicted octanol–water partition coefficient (Wildman–Crippen LogP) is 5.61. The van der Waals surface area contributed by atoms with Gasteiger partial charge in [-0.25, -0.2) is 14.8 Å². The van der Waals surface area contributed by atoms with Crippen molar-refractivity contribution in [3.8, 4) is 11.6 Å². The molecule has 0 unspecified atom stereocenters. The molecule has 45 heavy (non-hydrogen) atoms. The van der Waals surface area contributed by atoms with Crippen molar-refractivity contribution in [1.82, 2.24) is 20.2 Å². The second-order valence-corrected chi connectivity index (χ2v) is 13.1. The van der Waals surface area contributed by atoms with Crippen LogP contribution in [0.25, 0.3) is 11.0 Å². The molecule has 5 rings (SSSR count). The number of rotatable bonds is 4. The summed E-state index contributed by atoms with van der Waals surface area (Å²) in [5.41, 5.74) is -1.46. The van der Waals surface area contributed by atoms with Gasteiger partial charge in [0.2, 0.25) is 11.8 Å². The molecule has 1 saturated heterocycles. The molecule has 3 heterocycles. The highest BCUT2D eigenvalue weighted by Gasteiger charge is 2.50. The van der Waals surface area contributed by atoms with Gasteiger partial charge in [0.1, 0.15) is 30.3 Å². The summed E-state index contributed by atoms with van der Waals surface area (Å²) >= 11 is 0. The number of fused-ring (bicyclic) bond motifs is 5. The quantitative estimate of drug-likeness (QED) is 0.339. The largest absolute Gasteiger partial charge is 0.471 e. The molecule has 3 aliphatic rings. The van der Waals surface area contributed by atoms with E-state index in [2.05, 4.69) is 20.0 Å². The third-order valence-electron chi connectivity index (χ3n) is 8.79. The van der Waals surface area contributed by atoms with Gasteiger partial charge >= 0.3 is 12.7 Å². The van der Waals surface area contributed by atoms with Crippen LogP contribution in [0.1, 0.15) is 71.9 Å². The van der Waals surface area contributed by atoms with Crippen molar-refractivity contribution in [3.05, 3.63) is 23.9 Å². The summed E-state index contributed by atoms with van der Waals surface area (Å²) < 4.78 is 73.6. The molecule has 1 aromatic heterocycles. The number of nitrogens with zero attached hydrogens (tertiary/aromatic N) is 3. The van der Waals surface area contributed by atoms with Gasteiger partial charge in [-0.1, -0.05) is 34.1 Å². The minimum atomic E-state index is -3.48. The Morgan fingerprint density at radius 3 is 2.56 bits per heavy atom. The number of alkyl carbamates (subject to hydrolysis) is 1. The molecule has 6 atom stereocenters. The summed E-state index contributed by atoms with van der Waals surface area (Å²) in [6.45, 7) is 3.81. The highest BCUT2D eigenvalue weighted by atomic mass is 19.3. The van der Waals surface area contributed by atoms with E-state index in [0.29, 0.717) is 32.0 Å². The number of carbonyl (C=O) groups is 3. The number of halogens is 4. The van der Waals surface area contributed by atoms with Crippen molar-refractivity contribution in [2.24, 2.45) is 17.3 Å². The molecule has 1 saturated carbocycles. The molecule has 0 spiro atoms. The number of alkyl halides is 4. The van der Waals surface area contributed by atoms with Crippen molar-refractivity contribution in [3.63, 3.8) is 0 Å². The van der Waals surface area contributed by atoms with Gasteiger partial charge in [0.15, 0.2) is 5.69 Å². The number of nitrogens with one attached hydrogen (secondary N) is 1. The van der Waals surface area contributed by atoms with E-state index in [-0.39, 0.29) is 41.8 Å². The maximum Gasteiger partial charge on any atom is 0.408 e. The Balaban J connectivity index is 1.57. The van der Waals surface area contributed by atoms with E-state index in [1.54, 1.807) is 27.7 Å². The lowest BCUT2D eigenvalue weighted by molar-refractivity contribution is -0.139. The van der Waals surface area contributed by atoms with Crippen molar-refractivity contribution >= 4 is 29.3 Å². The Bertz CT molecular complexity index is 1440. The zero-order valence-corrected chi connectivity index (χ0v) is 25.6. The normalized spacial score (nSPS) is 29.0. The lowest BCUT2D eigenvalue weighted by atomic mass is 9.85. The molecule has 2 aliphatic heterocycles. The third-order valence-corrected chi connectivity index (χ3v) is 8.79. The summed E-state index contributed by atoms with van der Waals surface area (Å²) in [4.78, 5) is 49.0. The topological polar surface area (TPSA) is 120 Å². The average Bonchev–Trinajstić information content (AvgIpc) is 3.59. The van der Waals surface area contributed by atoms with E-state index in [1.807, 2.05) is 0 Å². The van der Waals surface area contributed by atoms with Crippen molar-refractivity contribution in [1.29, 1.82) is 0 Å². The first kappa shape index (κ1) is 32.7. The van der Waals surface area contributed by atoms with Crippen LogP contribution >= 0.6 is 0 Å². The number of hydrogen-bond donors (Lipinski definition) is 1. The summed E-state index contributed by atoms with van der Waals surface area (Å²) in [6.07, 6.45) is 0.0898. The summed E-state index contributed by atoms with van der Waals surface area (Å²) in [5.74, 6) is -5.35. The van der Waals surface area contributed by atoms with Gasteiger partial charge in [0, 0.05) is 18.4 Å². The molecule has 2 aromatic rings. The van der Waals surface area contributed by atoms with E-state index in [1.165, 1.54) is 17.0 Å². The highest BCUT2D eigenvalue weighted by Crippen LogP contribution is 2.43. The number of benzene rings is 1. The second-order valence-electron chi connectivity index (χ2n) is 13.1. The number of aromatic nitrogens is 2. The molecule has 246 valence electrons. The zero-order valence-electron chi connectivity index (χ0n) is 25.6. The maximum absolute atomic E-state index is 15.9. The lowest BCUT2D eigenvalue weighted by Gasteiger charge is -2.34. The van der Waals surface area contributed by atoms with Crippen molar-refractivity contribution < 1.29 is 46.2 Å². The van der Waals surface area contributed by atoms with Gasteiger partial charge in [-0.3, -0.25) is 4.79 Å². The molecule has 14 heteroatoms. The summed E-state index contributed by atoms with van der Waals surface area (Å²) in [7, 11) is 0. The van der Waals surface area contributed by atoms with Gasteiger partial charge in [-0.15, -0.1) is 0 Å². The molecule has 1 N–H and O–H groups in total. The minimum Gasteiger partial charge on any atom is -0.471 e. The van der Waals surface area contributed by atoms with Crippen LogP contribution in [0.4, 0.5) is 22.4 Å². The molecule has 0 radical (unpaired) electrons. The van der Waals surface area contributed by atoms with Crippen LogP contribution in [0.5, 0.6) is 11.6 Å². The average molecular weight is 639 g/mol. The lowest BCUT2D eigenvalue weighted by Crippen LogP contribution is -2.56. The maximum atomic E-state index is 15.9. The van der Waals surface area contributed by atoms with Crippen LogP contribution in [0, 0.1) is 17.3 Å². The van der Waals surface area contributed by atoms with E-state index in [9.17, 15) is 23.2 Å². The Morgan fingerprint density at radius 1 is 1.13 bits per heavy atom. The Hall–Kier alpha value is -3.71. The van der Waals surface area contributed by atoms with E-state index in [0.717, 1.165) is 6.07 Å². The first-order valence-electron chi connectivity index (χ1n) is 15.3. The Labute approximate surface area is 258 Å². The van der Waals surface area contributed by atoms with Crippen LogP contribution in [0.2, 0.25) is 0 Å². The Kier molecular flexibility index (Phi) is 9.14. The fourth-order valence-electron chi connectivity index (χ4n) is 6.24. The smallest absolute Gasteiger partial charge is 0.408 e. The van der Waals surface area contributed by atoms with Crippen LogP contribution in [-0.4, -0.2) is 70.6 Å². The monoisotopic (exact) mass is 638 g/mol. The molecular weight excluding hydrogens is 600 g/mol. The van der Waals surface area contributed by atoms with Crippen LogP contribution in [-0.2, 0) is 20.2 Å². The van der Waals surface area contributed by atoms with Gasteiger partial charge < -0.3 is 29.2 Å². The van der Waals surface area contributed by atoms with E-state index in [4.69, 9.17) is 9.47 Å². The molecule has 10 nitrogen and oxygen atoms in total. The molecule has 2 bridgehead atoms. The van der Waals surface area contributed by atoms with Crippen LogP contribution < -0.4 is 14.8 Å².